The van der Waals surface area contributed by atoms with E-state index in [1.54, 1.807) is 17.6 Å². The molecule has 1 fully saturated rings. The molecule has 0 aromatic heterocycles. The number of carbonyl (C=O) groups excluding carboxylic acids is 2. The van der Waals surface area contributed by atoms with Gasteiger partial charge in [0.05, 0.1) is 0 Å². The van der Waals surface area contributed by atoms with Crippen molar-refractivity contribution in [2.45, 2.75) is 18.9 Å². The summed E-state index contributed by atoms with van der Waals surface area (Å²) in [5.41, 5.74) is 4.46. The smallest absolute Gasteiger partial charge is 0.267 e. The van der Waals surface area contributed by atoms with Gasteiger partial charge in [0.2, 0.25) is 6.79 Å². The van der Waals surface area contributed by atoms with E-state index in [2.05, 4.69) is 5.32 Å². The van der Waals surface area contributed by atoms with Crippen molar-refractivity contribution in [1.82, 2.24) is 10.8 Å². The van der Waals surface area contributed by atoms with Crippen molar-refractivity contribution < 1.29 is 24.3 Å². The van der Waals surface area contributed by atoms with Crippen molar-refractivity contribution >= 4 is 29.5 Å². The zero-order chi connectivity index (χ0) is 20.2. The maximum absolute atomic E-state index is 12.8. The summed E-state index contributed by atoms with van der Waals surface area (Å²) in [6, 6.07) is 13.1. The van der Waals surface area contributed by atoms with E-state index in [1.165, 1.54) is 6.08 Å². The average Bonchev–Trinajstić information content (AvgIpc) is 3.43. The Morgan fingerprint density at radius 3 is 2.45 bits per heavy atom. The van der Waals surface area contributed by atoms with Crippen LogP contribution in [0.15, 0.2) is 48.5 Å². The summed E-state index contributed by atoms with van der Waals surface area (Å²) in [7, 11) is 0. The number of amides is 2. The number of fused-ring (bicyclic) bond motifs is 1. The molecule has 2 aliphatic rings. The van der Waals surface area contributed by atoms with Crippen molar-refractivity contribution in [3.05, 3.63) is 65.2 Å². The third-order valence-corrected chi connectivity index (χ3v) is 4.63. The van der Waals surface area contributed by atoms with Crippen molar-refractivity contribution in [3.63, 3.8) is 0 Å². The Morgan fingerprint density at radius 1 is 1.00 bits per heavy atom. The quantitative estimate of drug-likeness (QED) is 0.304. The first-order valence-electron chi connectivity index (χ1n) is 9.27. The summed E-state index contributed by atoms with van der Waals surface area (Å²) in [6.45, 7) is 0.176. The lowest BCUT2D eigenvalue weighted by Gasteiger charge is -2.10. The molecular weight excluding hydrogens is 372 g/mol. The molecule has 7 nitrogen and oxygen atoms in total. The Morgan fingerprint density at radius 2 is 1.72 bits per heavy atom. The minimum absolute atomic E-state index is 0.130. The normalized spacial score (nSPS) is 15.4. The number of benzene rings is 2. The second-order valence-electron chi connectivity index (χ2n) is 6.85. The van der Waals surface area contributed by atoms with E-state index in [0.717, 1.165) is 29.5 Å². The fourth-order valence-corrected chi connectivity index (χ4v) is 2.91. The second kappa shape index (κ2) is 8.20. The molecule has 1 aliphatic heterocycles. The van der Waals surface area contributed by atoms with Crippen molar-refractivity contribution in [3.8, 4) is 11.5 Å². The minimum atomic E-state index is -0.601. The van der Waals surface area contributed by atoms with Gasteiger partial charge in [0.15, 0.2) is 11.5 Å². The van der Waals surface area contributed by atoms with E-state index in [1.807, 2.05) is 42.5 Å². The van der Waals surface area contributed by atoms with Gasteiger partial charge in [-0.3, -0.25) is 14.8 Å². The Kier molecular flexibility index (Phi) is 5.31. The van der Waals surface area contributed by atoms with Crippen LogP contribution in [0.4, 0.5) is 0 Å². The monoisotopic (exact) mass is 392 g/mol. The zero-order valence-corrected chi connectivity index (χ0v) is 15.6. The van der Waals surface area contributed by atoms with E-state index in [9.17, 15) is 9.59 Å². The van der Waals surface area contributed by atoms with Gasteiger partial charge in [0.1, 0.15) is 0 Å². The maximum atomic E-state index is 12.8. The van der Waals surface area contributed by atoms with Crippen LogP contribution in [0, 0.1) is 0 Å². The molecule has 0 spiro atoms. The van der Waals surface area contributed by atoms with Crippen LogP contribution in [0.1, 0.15) is 29.5 Å². The molecular formula is C22H20N2O5. The number of rotatable bonds is 6. The van der Waals surface area contributed by atoms with Crippen molar-refractivity contribution in [2.75, 3.05) is 6.79 Å². The Bertz CT molecular complexity index is 991. The summed E-state index contributed by atoms with van der Waals surface area (Å²) in [4.78, 5) is 23.9. The van der Waals surface area contributed by atoms with Gasteiger partial charge in [-0.15, -0.1) is 0 Å². The molecule has 148 valence electrons. The van der Waals surface area contributed by atoms with Crippen LogP contribution in [0.3, 0.4) is 0 Å². The van der Waals surface area contributed by atoms with Crippen LogP contribution in [0.2, 0.25) is 0 Å². The van der Waals surface area contributed by atoms with Crippen LogP contribution in [0.5, 0.6) is 11.5 Å². The lowest BCUT2D eigenvalue weighted by atomic mass is 10.0. The number of hydroxylamine groups is 1. The highest BCUT2D eigenvalue weighted by molar-refractivity contribution is 6.24. The summed E-state index contributed by atoms with van der Waals surface area (Å²) in [5, 5.41) is 11.6. The average molecular weight is 392 g/mol. The maximum Gasteiger partial charge on any atom is 0.267 e. The van der Waals surface area contributed by atoms with Crippen LogP contribution >= 0.6 is 0 Å². The molecule has 7 heteroatoms. The first-order valence-corrected chi connectivity index (χ1v) is 9.27. The molecule has 0 atom stereocenters. The zero-order valence-electron chi connectivity index (χ0n) is 15.6. The lowest BCUT2D eigenvalue weighted by molar-refractivity contribution is -0.124. The molecule has 1 aliphatic carbocycles. The van der Waals surface area contributed by atoms with Gasteiger partial charge in [0.25, 0.3) is 11.8 Å². The lowest BCUT2D eigenvalue weighted by Crippen LogP contribution is -2.26. The number of nitrogens with one attached hydrogen (secondary N) is 2. The molecule has 4 rings (SSSR count). The summed E-state index contributed by atoms with van der Waals surface area (Å²) < 4.78 is 10.8. The van der Waals surface area contributed by atoms with Gasteiger partial charge in [-0.2, -0.15) is 0 Å². The van der Waals surface area contributed by atoms with E-state index >= 15 is 0 Å². The Hall–Kier alpha value is -3.58. The van der Waals surface area contributed by atoms with Crippen molar-refractivity contribution in [1.29, 1.82) is 0 Å². The fraction of sp³-hybridized carbons (Fsp3) is 0.182. The molecule has 1 heterocycles. The highest BCUT2D eigenvalue weighted by atomic mass is 16.7. The Balaban J connectivity index is 1.61. The first kappa shape index (κ1) is 18.8. The fourth-order valence-electron chi connectivity index (χ4n) is 2.91. The minimum Gasteiger partial charge on any atom is -0.454 e. The predicted molar refractivity (Wildman–Crippen MR) is 107 cm³/mol. The largest absolute Gasteiger partial charge is 0.454 e. The molecule has 0 unspecified atom stereocenters. The van der Waals surface area contributed by atoms with E-state index < -0.39 is 5.91 Å². The van der Waals surface area contributed by atoms with Gasteiger partial charge in [0, 0.05) is 17.7 Å². The molecule has 0 saturated heterocycles. The molecule has 3 N–H and O–H groups in total. The first-order chi connectivity index (χ1) is 14.1. The number of carbonyl (C=O) groups is 2. The second-order valence-corrected chi connectivity index (χ2v) is 6.85. The number of hydrogen-bond acceptors (Lipinski definition) is 5. The molecule has 2 aromatic carbocycles. The van der Waals surface area contributed by atoms with E-state index in [-0.39, 0.29) is 18.7 Å². The molecule has 2 aromatic rings. The van der Waals surface area contributed by atoms with Crippen LogP contribution in [-0.2, 0) is 9.59 Å². The van der Waals surface area contributed by atoms with E-state index in [0.29, 0.717) is 17.1 Å². The molecule has 1 saturated carbocycles. The SMILES string of the molecule is O=C(/C=C/c1ccc(/C=C(/C(=O)NC2CC2)c2ccc3c(c2)OCO3)cc1)NO. The number of hydrogen-bond donors (Lipinski definition) is 3. The standard InChI is InChI=1S/C22H20N2O5/c25-21(24-27)10-5-14-1-3-15(4-2-14)11-18(22(26)23-17-7-8-17)16-6-9-19-20(12-16)29-13-28-19/h1-6,9-12,17,27H,7-8,13H2,(H,23,26)(H,24,25)/b10-5+,18-11+. The third kappa shape index (κ3) is 4.64. The molecule has 29 heavy (non-hydrogen) atoms. The predicted octanol–water partition coefficient (Wildman–Crippen LogP) is 2.75. The van der Waals surface area contributed by atoms with E-state index in [4.69, 9.17) is 14.7 Å². The summed E-state index contributed by atoms with van der Waals surface area (Å²) in [6.07, 6.45) is 6.64. The van der Waals surface area contributed by atoms with Gasteiger partial charge in [-0.1, -0.05) is 30.3 Å². The van der Waals surface area contributed by atoms with Gasteiger partial charge in [-0.25, -0.2) is 5.48 Å². The molecule has 0 bridgehead atoms. The Labute approximate surface area is 167 Å². The van der Waals surface area contributed by atoms with Crippen LogP contribution < -0.4 is 20.3 Å². The number of ether oxygens (including phenoxy) is 2. The summed E-state index contributed by atoms with van der Waals surface area (Å²) >= 11 is 0. The molecule has 0 radical (unpaired) electrons. The topological polar surface area (TPSA) is 96.9 Å². The summed E-state index contributed by atoms with van der Waals surface area (Å²) in [5.74, 6) is 0.555. The van der Waals surface area contributed by atoms with Crippen LogP contribution in [-0.4, -0.2) is 29.9 Å². The van der Waals surface area contributed by atoms with Gasteiger partial charge in [-0.05, 0) is 53.8 Å². The van der Waals surface area contributed by atoms with Crippen LogP contribution in [0.25, 0.3) is 17.7 Å². The van der Waals surface area contributed by atoms with Gasteiger partial charge >= 0.3 is 0 Å². The highest BCUT2D eigenvalue weighted by Gasteiger charge is 2.26. The molecule has 2 amide bonds. The van der Waals surface area contributed by atoms with Gasteiger partial charge < -0.3 is 14.8 Å². The third-order valence-electron chi connectivity index (χ3n) is 4.63. The van der Waals surface area contributed by atoms with Crippen molar-refractivity contribution in [2.24, 2.45) is 0 Å². The highest BCUT2D eigenvalue weighted by Crippen LogP contribution is 2.35.